The summed E-state index contributed by atoms with van der Waals surface area (Å²) in [5, 5.41) is 10.0. The SMILES string of the molecule is CCC(C)(O)CN(CC(C)C)C(C)C. The van der Waals surface area contributed by atoms with Gasteiger partial charge in [0.15, 0.2) is 0 Å². The van der Waals surface area contributed by atoms with Gasteiger partial charge < -0.3 is 5.11 Å². The van der Waals surface area contributed by atoms with E-state index in [2.05, 4.69) is 32.6 Å². The van der Waals surface area contributed by atoms with Crippen LogP contribution in [0.25, 0.3) is 0 Å². The van der Waals surface area contributed by atoms with E-state index in [9.17, 15) is 5.11 Å². The summed E-state index contributed by atoms with van der Waals surface area (Å²) in [6, 6.07) is 0.510. The summed E-state index contributed by atoms with van der Waals surface area (Å²) >= 11 is 0. The summed E-state index contributed by atoms with van der Waals surface area (Å²) < 4.78 is 0. The first-order chi connectivity index (χ1) is 6.28. The average Bonchev–Trinajstić information content (AvgIpc) is 2.02. The molecular weight excluding hydrogens is 174 g/mol. The molecule has 2 heteroatoms. The molecule has 1 atom stereocenters. The van der Waals surface area contributed by atoms with E-state index >= 15 is 0 Å². The Morgan fingerprint density at radius 3 is 2.00 bits per heavy atom. The Bertz CT molecular complexity index is 152. The first kappa shape index (κ1) is 13.9. The molecular formula is C12H27NO. The van der Waals surface area contributed by atoms with Crippen molar-refractivity contribution in [3.8, 4) is 0 Å². The zero-order chi connectivity index (χ0) is 11.4. The van der Waals surface area contributed by atoms with Crippen molar-refractivity contribution in [3.63, 3.8) is 0 Å². The monoisotopic (exact) mass is 201 g/mol. The fourth-order valence-corrected chi connectivity index (χ4v) is 1.48. The van der Waals surface area contributed by atoms with E-state index in [1.807, 2.05) is 13.8 Å². The van der Waals surface area contributed by atoms with Gasteiger partial charge in [-0.15, -0.1) is 0 Å². The largest absolute Gasteiger partial charge is 0.389 e. The molecule has 0 aromatic rings. The maximum Gasteiger partial charge on any atom is 0.0743 e. The van der Waals surface area contributed by atoms with Gasteiger partial charge in [0, 0.05) is 19.1 Å². The molecule has 0 heterocycles. The molecule has 0 rings (SSSR count). The molecule has 0 aromatic carbocycles. The van der Waals surface area contributed by atoms with Crippen LogP contribution in [0.1, 0.15) is 48.0 Å². The van der Waals surface area contributed by atoms with Crippen LogP contribution in [0.5, 0.6) is 0 Å². The minimum Gasteiger partial charge on any atom is -0.389 e. The highest BCUT2D eigenvalue weighted by atomic mass is 16.3. The van der Waals surface area contributed by atoms with Gasteiger partial charge in [-0.1, -0.05) is 20.8 Å². The number of hydrogen-bond donors (Lipinski definition) is 1. The van der Waals surface area contributed by atoms with E-state index in [1.165, 1.54) is 0 Å². The lowest BCUT2D eigenvalue weighted by Crippen LogP contribution is -2.45. The molecule has 0 spiro atoms. The minimum absolute atomic E-state index is 0.510. The molecule has 0 saturated carbocycles. The maximum atomic E-state index is 10.0. The first-order valence-electron chi connectivity index (χ1n) is 5.75. The zero-order valence-corrected chi connectivity index (χ0v) is 10.7. The highest BCUT2D eigenvalue weighted by Gasteiger charge is 2.23. The Labute approximate surface area is 89.3 Å². The van der Waals surface area contributed by atoms with E-state index in [4.69, 9.17) is 0 Å². The van der Waals surface area contributed by atoms with Gasteiger partial charge >= 0.3 is 0 Å². The van der Waals surface area contributed by atoms with E-state index < -0.39 is 5.60 Å². The van der Waals surface area contributed by atoms with Crippen LogP contribution < -0.4 is 0 Å². The van der Waals surface area contributed by atoms with Gasteiger partial charge in [0.2, 0.25) is 0 Å². The molecule has 2 nitrogen and oxygen atoms in total. The molecule has 1 unspecified atom stereocenters. The van der Waals surface area contributed by atoms with E-state index in [0.29, 0.717) is 12.0 Å². The fourth-order valence-electron chi connectivity index (χ4n) is 1.48. The second-order valence-corrected chi connectivity index (χ2v) is 5.27. The molecule has 0 fully saturated rings. The average molecular weight is 201 g/mol. The van der Waals surface area contributed by atoms with Gasteiger partial charge in [0.1, 0.15) is 0 Å². The van der Waals surface area contributed by atoms with Crippen LogP contribution in [0.2, 0.25) is 0 Å². The predicted molar refractivity (Wildman–Crippen MR) is 62.5 cm³/mol. The first-order valence-corrected chi connectivity index (χ1v) is 5.75. The van der Waals surface area contributed by atoms with Gasteiger partial charge in [-0.25, -0.2) is 0 Å². The quantitative estimate of drug-likeness (QED) is 0.714. The van der Waals surface area contributed by atoms with E-state index in [-0.39, 0.29) is 0 Å². The van der Waals surface area contributed by atoms with Gasteiger partial charge in [0.25, 0.3) is 0 Å². The van der Waals surface area contributed by atoms with Crippen molar-refractivity contribution in [1.82, 2.24) is 4.90 Å². The third-order valence-corrected chi connectivity index (χ3v) is 2.64. The Balaban J connectivity index is 4.23. The van der Waals surface area contributed by atoms with Crippen LogP contribution >= 0.6 is 0 Å². The summed E-state index contributed by atoms with van der Waals surface area (Å²) in [5.41, 5.74) is -0.542. The number of hydrogen-bond acceptors (Lipinski definition) is 2. The van der Waals surface area contributed by atoms with E-state index in [0.717, 1.165) is 19.5 Å². The molecule has 0 aromatic heterocycles. The second kappa shape index (κ2) is 5.72. The summed E-state index contributed by atoms with van der Waals surface area (Å²) in [5.74, 6) is 0.657. The summed E-state index contributed by atoms with van der Waals surface area (Å²) in [4.78, 5) is 2.36. The van der Waals surface area contributed by atoms with Crippen LogP contribution in [-0.2, 0) is 0 Å². The number of aliphatic hydroxyl groups is 1. The molecule has 0 aliphatic rings. The maximum absolute atomic E-state index is 10.0. The van der Waals surface area contributed by atoms with E-state index in [1.54, 1.807) is 0 Å². The standard InChI is InChI=1S/C12H27NO/c1-7-12(6,14)9-13(11(4)5)8-10(2)3/h10-11,14H,7-9H2,1-6H3. The van der Waals surface area contributed by atoms with Crippen LogP contribution in [0, 0.1) is 5.92 Å². The summed E-state index contributed by atoms with van der Waals surface area (Å²) in [6.07, 6.45) is 0.814. The molecule has 1 N–H and O–H groups in total. The van der Waals surface area contributed by atoms with Crippen LogP contribution in [0.4, 0.5) is 0 Å². The summed E-state index contributed by atoms with van der Waals surface area (Å²) in [6.45, 7) is 14.6. The molecule has 86 valence electrons. The van der Waals surface area contributed by atoms with Crippen LogP contribution in [0.3, 0.4) is 0 Å². The van der Waals surface area contributed by atoms with Crippen molar-refractivity contribution in [2.75, 3.05) is 13.1 Å². The van der Waals surface area contributed by atoms with Gasteiger partial charge in [-0.05, 0) is 33.1 Å². The van der Waals surface area contributed by atoms with Crippen LogP contribution in [0.15, 0.2) is 0 Å². The normalized spacial score (nSPS) is 16.7. The highest BCUT2D eigenvalue weighted by molar-refractivity contribution is 4.78. The Morgan fingerprint density at radius 1 is 1.21 bits per heavy atom. The molecule has 0 saturated heterocycles. The van der Waals surface area contributed by atoms with Crippen LogP contribution in [-0.4, -0.2) is 34.7 Å². The summed E-state index contributed by atoms with van der Waals surface area (Å²) in [7, 11) is 0. The van der Waals surface area contributed by atoms with Gasteiger partial charge in [0.05, 0.1) is 5.60 Å². The van der Waals surface area contributed by atoms with Gasteiger partial charge in [-0.2, -0.15) is 0 Å². The smallest absolute Gasteiger partial charge is 0.0743 e. The fraction of sp³-hybridized carbons (Fsp3) is 1.00. The Kier molecular flexibility index (Phi) is 5.68. The molecule has 0 aliphatic carbocycles. The lowest BCUT2D eigenvalue weighted by atomic mass is 10.0. The molecule has 14 heavy (non-hydrogen) atoms. The molecule has 0 bridgehead atoms. The zero-order valence-electron chi connectivity index (χ0n) is 10.7. The Morgan fingerprint density at radius 2 is 1.71 bits per heavy atom. The number of rotatable bonds is 6. The van der Waals surface area contributed by atoms with Gasteiger partial charge in [-0.3, -0.25) is 4.90 Å². The lowest BCUT2D eigenvalue weighted by molar-refractivity contribution is 0.00367. The molecule has 0 aliphatic heterocycles. The second-order valence-electron chi connectivity index (χ2n) is 5.27. The predicted octanol–water partition coefficient (Wildman–Crippen LogP) is 2.51. The minimum atomic E-state index is -0.542. The lowest BCUT2D eigenvalue weighted by Gasteiger charge is -2.34. The van der Waals surface area contributed by atoms with Crippen molar-refractivity contribution in [1.29, 1.82) is 0 Å². The third kappa shape index (κ3) is 5.61. The molecule has 0 radical (unpaired) electrons. The number of nitrogens with zero attached hydrogens (tertiary/aromatic N) is 1. The van der Waals surface area contributed by atoms with Crippen molar-refractivity contribution in [2.24, 2.45) is 5.92 Å². The third-order valence-electron chi connectivity index (χ3n) is 2.64. The van der Waals surface area contributed by atoms with Crippen molar-refractivity contribution >= 4 is 0 Å². The topological polar surface area (TPSA) is 23.5 Å². The molecule has 0 amide bonds. The van der Waals surface area contributed by atoms with Crippen molar-refractivity contribution in [2.45, 2.75) is 59.6 Å². The van der Waals surface area contributed by atoms with Crippen molar-refractivity contribution in [3.05, 3.63) is 0 Å². The van der Waals surface area contributed by atoms with Crippen molar-refractivity contribution < 1.29 is 5.11 Å². The Hall–Kier alpha value is -0.0800. The highest BCUT2D eigenvalue weighted by Crippen LogP contribution is 2.14.